The maximum atomic E-state index is 13.1. The maximum absolute atomic E-state index is 13.1. The standard InChI is InChI=1S/C25H20FIN2O7/c1-33-21-11-15(9-18(27)22(21)35-13-14-3-5-16(26)6-4-14)10-19-23(30)29(25(32)28-19)12-17-7-8-20(36-17)24(31)34-2/h3-11H,12-13H2,1-2H3,(H,28,32)/b19-10-. The van der Waals surface area contributed by atoms with Crippen LogP contribution in [0.1, 0.15) is 27.4 Å². The van der Waals surface area contributed by atoms with Crippen LogP contribution >= 0.6 is 22.6 Å². The number of urea groups is 1. The number of amides is 3. The van der Waals surface area contributed by atoms with E-state index in [2.05, 4.69) is 32.6 Å². The van der Waals surface area contributed by atoms with E-state index >= 15 is 0 Å². The van der Waals surface area contributed by atoms with Crippen molar-refractivity contribution in [3.63, 3.8) is 0 Å². The molecule has 2 aromatic carbocycles. The van der Waals surface area contributed by atoms with Gasteiger partial charge in [-0.15, -0.1) is 0 Å². The molecule has 0 radical (unpaired) electrons. The number of halogens is 2. The van der Waals surface area contributed by atoms with E-state index in [0.29, 0.717) is 20.6 Å². The first-order valence-electron chi connectivity index (χ1n) is 10.6. The molecule has 4 rings (SSSR count). The van der Waals surface area contributed by atoms with E-state index in [9.17, 15) is 18.8 Å². The van der Waals surface area contributed by atoms with Gasteiger partial charge in [-0.05, 0) is 76.2 Å². The number of hydrogen-bond acceptors (Lipinski definition) is 7. The van der Waals surface area contributed by atoms with Gasteiger partial charge >= 0.3 is 12.0 Å². The van der Waals surface area contributed by atoms with Gasteiger partial charge in [-0.2, -0.15) is 0 Å². The number of esters is 1. The molecule has 3 amide bonds. The van der Waals surface area contributed by atoms with Gasteiger partial charge < -0.3 is 23.9 Å². The normalized spacial score (nSPS) is 14.2. The zero-order valence-corrected chi connectivity index (χ0v) is 21.3. The number of nitrogens with zero attached hydrogens (tertiary/aromatic N) is 1. The molecule has 3 aromatic rings. The van der Waals surface area contributed by atoms with Crippen molar-refractivity contribution in [1.29, 1.82) is 0 Å². The monoisotopic (exact) mass is 606 g/mol. The van der Waals surface area contributed by atoms with Crippen molar-refractivity contribution < 1.29 is 37.4 Å². The first kappa shape index (κ1) is 25.2. The lowest BCUT2D eigenvalue weighted by molar-refractivity contribution is -0.123. The van der Waals surface area contributed by atoms with Crippen molar-refractivity contribution in [3.05, 3.63) is 86.3 Å². The Morgan fingerprint density at radius 3 is 2.58 bits per heavy atom. The Hall–Kier alpha value is -3.87. The molecule has 0 atom stereocenters. The lowest BCUT2D eigenvalue weighted by Crippen LogP contribution is -2.30. The highest BCUT2D eigenvalue weighted by molar-refractivity contribution is 14.1. The average Bonchev–Trinajstić information content (AvgIpc) is 3.44. The van der Waals surface area contributed by atoms with Gasteiger partial charge in [0.05, 0.1) is 24.3 Å². The molecule has 1 aliphatic heterocycles. The van der Waals surface area contributed by atoms with Crippen LogP contribution in [0.15, 0.2) is 58.6 Å². The van der Waals surface area contributed by atoms with Crippen molar-refractivity contribution in [2.45, 2.75) is 13.2 Å². The Morgan fingerprint density at radius 1 is 1.14 bits per heavy atom. The van der Waals surface area contributed by atoms with Gasteiger partial charge in [0.15, 0.2) is 11.5 Å². The van der Waals surface area contributed by atoms with E-state index in [-0.39, 0.29) is 36.2 Å². The molecule has 0 bridgehead atoms. The van der Waals surface area contributed by atoms with Gasteiger partial charge in [-0.3, -0.25) is 9.69 Å². The third kappa shape index (κ3) is 5.51. The molecule has 1 N–H and O–H groups in total. The number of imide groups is 1. The molecular weight excluding hydrogens is 586 g/mol. The summed E-state index contributed by atoms with van der Waals surface area (Å²) < 4.78 is 35.1. The Morgan fingerprint density at radius 2 is 1.89 bits per heavy atom. The summed E-state index contributed by atoms with van der Waals surface area (Å²) in [5, 5.41) is 2.55. The highest BCUT2D eigenvalue weighted by Gasteiger charge is 2.34. The predicted octanol–water partition coefficient (Wildman–Crippen LogP) is 4.49. The largest absolute Gasteiger partial charge is 0.493 e. The SMILES string of the molecule is COC(=O)c1ccc(CN2C(=O)N/C(=C\c3cc(I)c(OCc4ccc(F)cc4)c(OC)c3)C2=O)o1. The highest BCUT2D eigenvalue weighted by atomic mass is 127. The lowest BCUT2D eigenvalue weighted by Gasteiger charge is -2.14. The molecule has 1 saturated heterocycles. The van der Waals surface area contributed by atoms with Crippen LogP contribution < -0.4 is 14.8 Å². The van der Waals surface area contributed by atoms with Crippen LogP contribution in [0.4, 0.5) is 9.18 Å². The molecule has 36 heavy (non-hydrogen) atoms. The first-order valence-corrected chi connectivity index (χ1v) is 11.6. The minimum atomic E-state index is -0.660. The quantitative estimate of drug-likeness (QED) is 0.174. The molecule has 0 unspecified atom stereocenters. The number of carbonyl (C=O) groups is 3. The van der Waals surface area contributed by atoms with Crippen LogP contribution in [-0.2, 0) is 22.7 Å². The van der Waals surface area contributed by atoms with Crippen LogP contribution in [0, 0.1) is 9.39 Å². The van der Waals surface area contributed by atoms with E-state index in [1.54, 1.807) is 24.3 Å². The Balaban J connectivity index is 1.50. The van der Waals surface area contributed by atoms with Crippen molar-refractivity contribution in [2.24, 2.45) is 0 Å². The predicted molar refractivity (Wildman–Crippen MR) is 134 cm³/mol. The van der Waals surface area contributed by atoms with Gasteiger partial charge in [0.2, 0.25) is 5.76 Å². The Bertz CT molecular complexity index is 1350. The van der Waals surface area contributed by atoms with Gasteiger partial charge in [-0.1, -0.05) is 12.1 Å². The van der Waals surface area contributed by atoms with Crippen LogP contribution in [0.5, 0.6) is 11.5 Å². The summed E-state index contributed by atoms with van der Waals surface area (Å²) in [5.74, 6) is -0.403. The van der Waals surface area contributed by atoms with Gasteiger partial charge in [0, 0.05) is 0 Å². The van der Waals surface area contributed by atoms with E-state index in [4.69, 9.17) is 13.9 Å². The van der Waals surface area contributed by atoms with Crippen molar-refractivity contribution in [3.8, 4) is 11.5 Å². The lowest BCUT2D eigenvalue weighted by atomic mass is 10.1. The van der Waals surface area contributed by atoms with Crippen molar-refractivity contribution >= 4 is 46.6 Å². The van der Waals surface area contributed by atoms with Crippen LogP contribution in [0.25, 0.3) is 6.08 Å². The van der Waals surface area contributed by atoms with Crippen LogP contribution in [0.2, 0.25) is 0 Å². The van der Waals surface area contributed by atoms with Crippen molar-refractivity contribution in [2.75, 3.05) is 14.2 Å². The van der Waals surface area contributed by atoms with Crippen LogP contribution in [0.3, 0.4) is 0 Å². The van der Waals surface area contributed by atoms with Gasteiger partial charge in [0.25, 0.3) is 5.91 Å². The van der Waals surface area contributed by atoms with Gasteiger partial charge in [0.1, 0.15) is 23.9 Å². The molecule has 0 saturated carbocycles. The summed E-state index contributed by atoms with van der Waals surface area (Å²) in [4.78, 5) is 37.8. The number of methoxy groups -OCH3 is 2. The van der Waals surface area contributed by atoms with E-state index < -0.39 is 17.9 Å². The number of rotatable bonds is 8. The molecule has 1 aromatic heterocycles. The average molecular weight is 606 g/mol. The zero-order valence-electron chi connectivity index (χ0n) is 19.2. The second-order valence-electron chi connectivity index (χ2n) is 7.59. The summed E-state index contributed by atoms with van der Waals surface area (Å²) in [7, 11) is 2.71. The van der Waals surface area contributed by atoms with E-state index in [1.807, 2.05) is 0 Å². The molecule has 1 fully saturated rings. The summed E-state index contributed by atoms with van der Waals surface area (Å²) >= 11 is 2.08. The topological polar surface area (TPSA) is 107 Å². The molecule has 1 aliphatic rings. The molecule has 2 heterocycles. The second kappa shape index (κ2) is 10.8. The van der Waals surface area contributed by atoms with E-state index in [1.165, 1.54) is 44.6 Å². The third-order valence-electron chi connectivity index (χ3n) is 5.18. The second-order valence-corrected chi connectivity index (χ2v) is 8.75. The fraction of sp³-hybridized carbons (Fsp3) is 0.160. The molecule has 0 aliphatic carbocycles. The number of ether oxygens (including phenoxy) is 3. The number of benzene rings is 2. The molecule has 9 nitrogen and oxygen atoms in total. The van der Waals surface area contributed by atoms with E-state index in [0.717, 1.165) is 10.5 Å². The zero-order chi connectivity index (χ0) is 25.8. The minimum absolute atomic E-state index is 0.0290. The molecule has 11 heteroatoms. The summed E-state index contributed by atoms with van der Waals surface area (Å²) in [5.41, 5.74) is 1.45. The van der Waals surface area contributed by atoms with Crippen molar-refractivity contribution in [1.82, 2.24) is 10.2 Å². The van der Waals surface area contributed by atoms with Gasteiger partial charge in [-0.25, -0.2) is 14.0 Å². The smallest absolute Gasteiger partial charge is 0.373 e. The summed E-state index contributed by atoms with van der Waals surface area (Å²) in [6.07, 6.45) is 1.52. The highest BCUT2D eigenvalue weighted by Crippen LogP contribution is 2.35. The number of carbonyl (C=O) groups excluding carboxylic acids is 3. The fourth-order valence-electron chi connectivity index (χ4n) is 3.41. The number of nitrogens with one attached hydrogen (secondary N) is 1. The summed E-state index contributed by atoms with van der Waals surface area (Å²) in [6, 6.07) is 11.7. The Kier molecular flexibility index (Phi) is 7.58. The Labute approximate surface area is 218 Å². The summed E-state index contributed by atoms with van der Waals surface area (Å²) in [6.45, 7) is 0.0527. The number of furan rings is 1. The third-order valence-corrected chi connectivity index (χ3v) is 5.98. The fourth-order valence-corrected chi connectivity index (χ4v) is 4.19. The van der Waals surface area contributed by atoms with Crippen LogP contribution in [-0.4, -0.2) is 37.0 Å². The number of hydrogen-bond donors (Lipinski definition) is 1. The molecular formula is C25H20FIN2O7. The first-order chi connectivity index (χ1) is 17.3. The molecule has 186 valence electrons. The molecule has 0 spiro atoms. The minimum Gasteiger partial charge on any atom is -0.493 e. The maximum Gasteiger partial charge on any atom is 0.373 e.